The Kier molecular flexibility index (Phi) is 3.30. The Balaban J connectivity index is 2.22. The lowest BCUT2D eigenvalue weighted by atomic mass is 10.1. The van der Waals surface area contributed by atoms with Crippen LogP contribution in [-0.2, 0) is 16.3 Å². The Morgan fingerprint density at radius 3 is 3.00 bits per heavy atom. The van der Waals surface area contributed by atoms with Crippen molar-refractivity contribution in [3.8, 4) is 0 Å². The van der Waals surface area contributed by atoms with Crippen LogP contribution in [0, 0.1) is 0 Å². The van der Waals surface area contributed by atoms with Crippen LogP contribution in [0.5, 0.6) is 0 Å². The average Bonchev–Trinajstić information content (AvgIpc) is 2.66. The predicted octanol–water partition coefficient (Wildman–Crippen LogP) is 0.849. The predicted molar refractivity (Wildman–Crippen MR) is 57.7 cm³/mol. The number of aromatic nitrogens is 1. The number of hydrogen-bond acceptors (Lipinski definition) is 5. The fourth-order valence-corrected chi connectivity index (χ4v) is 3.86. The molecular formula is C10H15NO4S. The van der Waals surface area contributed by atoms with Gasteiger partial charge in [0.1, 0.15) is 11.5 Å². The lowest BCUT2D eigenvalue weighted by Crippen LogP contribution is -2.21. The fourth-order valence-electron chi connectivity index (χ4n) is 1.97. The monoisotopic (exact) mass is 245 g/mol. The van der Waals surface area contributed by atoms with Crippen LogP contribution >= 0.6 is 0 Å². The van der Waals surface area contributed by atoms with Gasteiger partial charge in [-0.05, 0) is 12.8 Å². The Labute approximate surface area is 94.4 Å². The van der Waals surface area contributed by atoms with Crippen molar-refractivity contribution >= 4 is 9.84 Å². The minimum atomic E-state index is -3.06. The molecule has 1 unspecified atom stereocenters. The topological polar surface area (TPSA) is 80.4 Å². The van der Waals surface area contributed by atoms with Gasteiger partial charge in [0.05, 0.1) is 18.1 Å². The van der Waals surface area contributed by atoms with E-state index in [4.69, 9.17) is 9.52 Å². The largest absolute Gasteiger partial charge is 0.449 e. The van der Waals surface area contributed by atoms with Gasteiger partial charge in [-0.1, -0.05) is 6.42 Å². The lowest BCUT2D eigenvalue weighted by molar-refractivity contribution is 0.285. The first-order valence-electron chi connectivity index (χ1n) is 5.40. The zero-order valence-corrected chi connectivity index (χ0v) is 9.74. The molecule has 1 atom stereocenters. The summed E-state index contributed by atoms with van der Waals surface area (Å²) in [6.07, 6.45) is 3.99. The number of nitrogens with zero attached hydrogens (tertiary/aromatic N) is 1. The van der Waals surface area contributed by atoms with E-state index in [2.05, 4.69) is 4.98 Å². The molecule has 5 nitrogen and oxygen atoms in total. The molecule has 90 valence electrons. The van der Waals surface area contributed by atoms with Gasteiger partial charge in [-0.15, -0.1) is 0 Å². The third-order valence-corrected chi connectivity index (χ3v) is 5.01. The minimum Gasteiger partial charge on any atom is -0.449 e. The summed E-state index contributed by atoms with van der Waals surface area (Å²) < 4.78 is 28.8. The van der Waals surface area contributed by atoms with Crippen LogP contribution in [0.2, 0.25) is 0 Å². The normalized spacial score (nSPS) is 24.4. The molecule has 16 heavy (non-hydrogen) atoms. The maximum Gasteiger partial charge on any atom is 0.196 e. The van der Waals surface area contributed by atoms with Crippen molar-refractivity contribution in [1.29, 1.82) is 0 Å². The molecule has 2 heterocycles. The quantitative estimate of drug-likeness (QED) is 0.853. The molecule has 1 aliphatic heterocycles. The van der Waals surface area contributed by atoms with Crippen LogP contribution in [0.25, 0.3) is 0 Å². The zero-order chi connectivity index (χ0) is 11.6. The summed E-state index contributed by atoms with van der Waals surface area (Å²) in [4.78, 5) is 4.11. The number of sulfone groups is 1. The number of rotatable bonds is 3. The summed E-state index contributed by atoms with van der Waals surface area (Å²) in [5.74, 6) is 0.637. The average molecular weight is 245 g/mol. The van der Waals surface area contributed by atoms with Crippen molar-refractivity contribution in [2.24, 2.45) is 0 Å². The van der Waals surface area contributed by atoms with Crippen LogP contribution < -0.4 is 0 Å². The van der Waals surface area contributed by atoms with E-state index in [0.717, 1.165) is 12.8 Å². The van der Waals surface area contributed by atoms with Gasteiger partial charge in [-0.3, -0.25) is 0 Å². The summed E-state index contributed by atoms with van der Waals surface area (Å²) in [5.41, 5.74) is 0.489. The van der Waals surface area contributed by atoms with Gasteiger partial charge in [0.2, 0.25) is 0 Å². The van der Waals surface area contributed by atoms with E-state index >= 15 is 0 Å². The summed E-state index contributed by atoms with van der Waals surface area (Å²) in [6, 6.07) is 0. The Bertz CT molecular complexity index is 451. The van der Waals surface area contributed by atoms with Crippen molar-refractivity contribution in [1.82, 2.24) is 4.98 Å². The smallest absolute Gasteiger partial charge is 0.196 e. The highest BCUT2D eigenvalue weighted by Gasteiger charge is 2.32. The van der Waals surface area contributed by atoms with Crippen LogP contribution in [0.4, 0.5) is 0 Å². The van der Waals surface area contributed by atoms with Crippen LogP contribution in [0.15, 0.2) is 10.7 Å². The highest BCUT2D eigenvalue weighted by Crippen LogP contribution is 2.32. The molecular weight excluding hydrogens is 230 g/mol. The van der Waals surface area contributed by atoms with Gasteiger partial charge in [0.25, 0.3) is 0 Å². The molecule has 1 fully saturated rings. The Morgan fingerprint density at radius 1 is 1.50 bits per heavy atom. The zero-order valence-electron chi connectivity index (χ0n) is 8.92. The van der Waals surface area contributed by atoms with Crippen LogP contribution in [0.1, 0.15) is 36.1 Å². The van der Waals surface area contributed by atoms with E-state index in [1.807, 2.05) is 0 Å². The van der Waals surface area contributed by atoms with Gasteiger partial charge >= 0.3 is 0 Å². The molecule has 1 saturated heterocycles. The van der Waals surface area contributed by atoms with Gasteiger partial charge in [0, 0.05) is 6.42 Å². The summed E-state index contributed by atoms with van der Waals surface area (Å²) >= 11 is 0. The van der Waals surface area contributed by atoms with Crippen molar-refractivity contribution < 1.29 is 17.9 Å². The molecule has 0 saturated carbocycles. The van der Waals surface area contributed by atoms with Crippen molar-refractivity contribution in [2.75, 3.05) is 12.4 Å². The Hall–Kier alpha value is -0.880. The van der Waals surface area contributed by atoms with E-state index in [9.17, 15) is 8.42 Å². The van der Waals surface area contributed by atoms with Crippen molar-refractivity contribution in [3.05, 3.63) is 17.8 Å². The van der Waals surface area contributed by atoms with E-state index in [0.29, 0.717) is 24.4 Å². The van der Waals surface area contributed by atoms with Gasteiger partial charge in [0.15, 0.2) is 15.7 Å². The number of oxazole rings is 1. The maximum atomic E-state index is 11.8. The van der Waals surface area contributed by atoms with E-state index in [-0.39, 0.29) is 12.4 Å². The second-order valence-corrected chi connectivity index (χ2v) is 6.29. The maximum absolute atomic E-state index is 11.8. The van der Waals surface area contributed by atoms with Gasteiger partial charge in [-0.25, -0.2) is 13.4 Å². The second kappa shape index (κ2) is 4.55. The van der Waals surface area contributed by atoms with Gasteiger partial charge in [-0.2, -0.15) is 0 Å². The first-order chi connectivity index (χ1) is 7.63. The first kappa shape index (κ1) is 11.6. The standard InChI is InChI=1S/C10H15NO4S/c12-5-4-10-11-8(7-15-10)9-3-1-2-6-16(9,13)14/h7,9,12H,1-6H2. The highest BCUT2D eigenvalue weighted by atomic mass is 32.2. The van der Waals surface area contributed by atoms with Crippen molar-refractivity contribution in [2.45, 2.75) is 30.9 Å². The molecule has 0 aromatic carbocycles. The molecule has 1 aliphatic rings. The first-order valence-corrected chi connectivity index (χ1v) is 7.12. The van der Waals surface area contributed by atoms with Gasteiger partial charge < -0.3 is 9.52 Å². The summed E-state index contributed by atoms with van der Waals surface area (Å²) in [7, 11) is -3.06. The van der Waals surface area contributed by atoms with E-state index in [1.54, 1.807) is 0 Å². The molecule has 6 heteroatoms. The minimum absolute atomic E-state index is 0.0443. The molecule has 1 aromatic heterocycles. The van der Waals surface area contributed by atoms with Crippen molar-refractivity contribution in [3.63, 3.8) is 0 Å². The molecule has 0 spiro atoms. The summed E-state index contributed by atoms with van der Waals surface area (Å²) in [5, 5.41) is 8.21. The molecule has 0 aliphatic carbocycles. The lowest BCUT2D eigenvalue weighted by Gasteiger charge is -2.19. The van der Waals surface area contributed by atoms with Crippen LogP contribution in [-0.4, -0.2) is 30.9 Å². The SMILES string of the molecule is O=S1(=O)CCCCC1c1coc(CCO)n1. The number of aliphatic hydroxyl groups excluding tert-OH is 1. The number of aliphatic hydroxyl groups is 1. The van der Waals surface area contributed by atoms with Crippen LogP contribution in [0.3, 0.4) is 0 Å². The molecule has 0 amide bonds. The van der Waals surface area contributed by atoms with E-state index in [1.165, 1.54) is 6.26 Å². The highest BCUT2D eigenvalue weighted by molar-refractivity contribution is 7.91. The molecule has 2 rings (SSSR count). The molecule has 1 N–H and O–H groups in total. The molecule has 0 radical (unpaired) electrons. The summed E-state index contributed by atoms with van der Waals surface area (Å²) in [6.45, 7) is -0.0443. The third-order valence-electron chi connectivity index (χ3n) is 2.80. The fraction of sp³-hybridized carbons (Fsp3) is 0.700. The molecule has 0 bridgehead atoms. The third kappa shape index (κ3) is 2.27. The molecule has 1 aromatic rings. The number of hydrogen-bond donors (Lipinski definition) is 1. The second-order valence-electron chi connectivity index (χ2n) is 3.99. The Morgan fingerprint density at radius 2 is 2.31 bits per heavy atom. The van der Waals surface area contributed by atoms with E-state index < -0.39 is 15.1 Å².